The van der Waals surface area contributed by atoms with Crippen LogP contribution in [0.2, 0.25) is 0 Å². The zero-order chi connectivity index (χ0) is 29.2. The SMILES string of the molecule is C.C.CC.CC1=CCc2ccccc21.COC(=O)c1ccccc1.CSc1ccncc1.Cc1csc2ccccc12. The molecule has 3 nitrogen and oxygen atoms in total. The van der Waals surface area contributed by atoms with Gasteiger partial charge < -0.3 is 4.74 Å². The molecule has 0 saturated carbocycles. The van der Waals surface area contributed by atoms with E-state index in [2.05, 4.69) is 89.8 Å². The van der Waals surface area contributed by atoms with Gasteiger partial charge in [-0.05, 0) is 89.9 Å². The number of aryl methyl sites for hydroxylation is 1. The first kappa shape index (κ1) is 38.3. The quantitative estimate of drug-likeness (QED) is 0.149. The molecule has 0 saturated heterocycles. The van der Waals surface area contributed by atoms with E-state index in [1.54, 1.807) is 48.4 Å². The van der Waals surface area contributed by atoms with E-state index in [1.165, 1.54) is 44.4 Å². The molecule has 2 heterocycles. The van der Waals surface area contributed by atoms with Gasteiger partial charge in [0.1, 0.15) is 0 Å². The third kappa shape index (κ3) is 12.5. The number of aromatic nitrogens is 1. The Morgan fingerprint density at radius 2 is 1.43 bits per heavy atom. The Hall–Kier alpha value is -3.67. The molecule has 0 atom stereocenters. The van der Waals surface area contributed by atoms with Crippen LogP contribution in [-0.4, -0.2) is 24.3 Å². The lowest BCUT2D eigenvalue weighted by Gasteiger charge is -1.97. The van der Waals surface area contributed by atoms with E-state index in [-0.39, 0.29) is 20.8 Å². The van der Waals surface area contributed by atoms with Gasteiger partial charge in [-0.25, -0.2) is 4.79 Å². The van der Waals surface area contributed by atoms with Crippen molar-refractivity contribution < 1.29 is 9.53 Å². The number of thiophene rings is 1. The van der Waals surface area contributed by atoms with Crippen molar-refractivity contribution in [3.8, 4) is 0 Å². The van der Waals surface area contributed by atoms with Crippen LogP contribution in [0.3, 0.4) is 0 Å². The summed E-state index contributed by atoms with van der Waals surface area (Å²) in [7, 11) is 1.37. The Kier molecular flexibility index (Phi) is 20.1. The molecule has 2 aromatic heterocycles. The molecule has 0 spiro atoms. The van der Waals surface area contributed by atoms with E-state index >= 15 is 0 Å². The van der Waals surface area contributed by atoms with E-state index < -0.39 is 0 Å². The van der Waals surface area contributed by atoms with Gasteiger partial charge in [0.25, 0.3) is 0 Å². The fourth-order valence-corrected chi connectivity index (χ4v) is 5.07. The molecule has 6 rings (SSSR count). The van der Waals surface area contributed by atoms with Gasteiger partial charge in [0, 0.05) is 22.0 Å². The smallest absolute Gasteiger partial charge is 0.337 e. The lowest BCUT2D eigenvalue weighted by atomic mass is 10.1. The van der Waals surface area contributed by atoms with Crippen molar-refractivity contribution in [1.82, 2.24) is 4.98 Å². The lowest BCUT2D eigenvalue weighted by Crippen LogP contribution is -1.99. The second kappa shape index (κ2) is 22.0. The molecule has 0 unspecified atom stereocenters. The van der Waals surface area contributed by atoms with Crippen molar-refractivity contribution in [3.05, 3.63) is 137 Å². The summed E-state index contributed by atoms with van der Waals surface area (Å²) < 4.78 is 5.89. The zero-order valence-corrected chi connectivity index (χ0v) is 25.9. The highest BCUT2D eigenvalue weighted by molar-refractivity contribution is 7.98. The van der Waals surface area contributed by atoms with Gasteiger partial charge in [0.15, 0.2) is 0 Å². The number of ether oxygens (including phenoxy) is 1. The number of fused-ring (bicyclic) bond motifs is 2. The number of thioether (sulfide) groups is 1. The minimum absolute atomic E-state index is 0. The lowest BCUT2D eigenvalue weighted by molar-refractivity contribution is 0.0600. The molecular weight excluding hydrogens is 555 g/mol. The molecule has 0 fully saturated rings. The number of pyridine rings is 1. The second-order valence-corrected chi connectivity index (χ2v) is 10.2. The van der Waals surface area contributed by atoms with Crippen LogP contribution < -0.4 is 0 Å². The predicted molar refractivity (Wildman–Crippen MR) is 189 cm³/mol. The van der Waals surface area contributed by atoms with E-state index in [9.17, 15) is 4.79 Å². The standard InChI is InChI=1S/C10H10.C9H8S.C8H8O2.C6H7NS.C2H6.2CH4/c1-8-6-7-9-4-2-3-5-10(8)9;1-7-6-10-9-5-3-2-4-8(7)9;1-10-8(9)7-5-3-2-4-6-7;1-8-6-2-4-7-5-3-6;1-2;;/h2-6H,7H2,1H3;2*2-6H,1H3;2-5H,1H3;1-2H3;2*1H4. The monoisotopic (exact) mass is 601 g/mol. The predicted octanol–water partition coefficient (Wildman–Crippen LogP) is 11.4. The Labute approximate surface area is 262 Å². The van der Waals surface area contributed by atoms with Crippen LogP contribution in [0.5, 0.6) is 0 Å². The number of allylic oxidation sites excluding steroid dienone is 2. The molecule has 5 heteroatoms. The number of carbonyl (C=O) groups excluding carboxylic acids is 1. The number of rotatable bonds is 2. The Bertz CT molecular complexity index is 1440. The van der Waals surface area contributed by atoms with Crippen molar-refractivity contribution >= 4 is 44.7 Å². The van der Waals surface area contributed by atoms with E-state index in [4.69, 9.17) is 0 Å². The number of nitrogens with zero attached hydrogens (tertiary/aromatic N) is 1. The Morgan fingerprint density at radius 1 is 0.833 bits per heavy atom. The topological polar surface area (TPSA) is 39.2 Å². The maximum Gasteiger partial charge on any atom is 0.337 e. The fourth-order valence-electron chi connectivity index (χ4n) is 3.73. The number of carbonyl (C=O) groups is 1. The first-order chi connectivity index (χ1) is 19.5. The van der Waals surface area contributed by atoms with Crippen molar-refractivity contribution in [2.75, 3.05) is 13.4 Å². The molecule has 42 heavy (non-hydrogen) atoms. The zero-order valence-electron chi connectivity index (χ0n) is 24.3. The van der Waals surface area contributed by atoms with Gasteiger partial charge >= 0.3 is 5.97 Å². The highest BCUT2D eigenvalue weighted by Crippen LogP contribution is 2.26. The fraction of sp³-hybridized carbons (Fsp3) is 0.243. The number of benzene rings is 3. The summed E-state index contributed by atoms with van der Waals surface area (Å²) in [5.74, 6) is -0.291. The maximum absolute atomic E-state index is 10.8. The van der Waals surface area contributed by atoms with Crippen LogP contribution in [0.25, 0.3) is 15.7 Å². The average molecular weight is 602 g/mol. The van der Waals surface area contributed by atoms with Gasteiger partial charge in [-0.3, -0.25) is 4.98 Å². The minimum Gasteiger partial charge on any atom is -0.465 e. The minimum atomic E-state index is -0.291. The van der Waals surface area contributed by atoms with Gasteiger partial charge in [-0.2, -0.15) is 0 Å². The van der Waals surface area contributed by atoms with Gasteiger partial charge in [0.05, 0.1) is 12.7 Å². The molecule has 1 aliphatic rings. The van der Waals surface area contributed by atoms with Gasteiger partial charge in [0.2, 0.25) is 0 Å². The van der Waals surface area contributed by atoms with Crippen LogP contribution in [0.1, 0.15) is 62.7 Å². The first-order valence-electron chi connectivity index (χ1n) is 13.3. The van der Waals surface area contributed by atoms with Crippen molar-refractivity contribution in [2.24, 2.45) is 0 Å². The summed E-state index contributed by atoms with van der Waals surface area (Å²) >= 11 is 3.54. The normalized spacial score (nSPS) is 10.0. The molecule has 0 aliphatic heterocycles. The molecule has 0 amide bonds. The Balaban J connectivity index is 0.000000517. The van der Waals surface area contributed by atoms with Gasteiger partial charge in [-0.1, -0.05) is 95.4 Å². The molecule has 224 valence electrons. The van der Waals surface area contributed by atoms with E-state index in [1.807, 2.05) is 43.4 Å². The van der Waals surface area contributed by atoms with E-state index in [0.717, 1.165) is 6.42 Å². The maximum atomic E-state index is 10.8. The number of esters is 1. The number of methoxy groups -OCH3 is 1. The van der Waals surface area contributed by atoms with Crippen LogP contribution in [0, 0.1) is 6.92 Å². The van der Waals surface area contributed by atoms with Crippen LogP contribution in [0.15, 0.2) is 120 Å². The molecular formula is C37H47NO2S2. The molecule has 0 bridgehead atoms. The highest BCUT2D eigenvalue weighted by Gasteiger charge is 2.07. The van der Waals surface area contributed by atoms with Crippen molar-refractivity contribution in [3.63, 3.8) is 0 Å². The average Bonchev–Trinajstić information content (AvgIpc) is 3.62. The molecule has 0 N–H and O–H groups in total. The van der Waals surface area contributed by atoms with Gasteiger partial charge in [-0.15, -0.1) is 23.1 Å². The molecule has 0 radical (unpaired) electrons. The van der Waals surface area contributed by atoms with E-state index in [0.29, 0.717) is 5.56 Å². The van der Waals surface area contributed by atoms with Crippen molar-refractivity contribution in [1.29, 1.82) is 0 Å². The highest BCUT2D eigenvalue weighted by atomic mass is 32.2. The third-order valence-corrected chi connectivity index (χ3v) is 7.65. The third-order valence-electron chi connectivity index (χ3n) is 5.83. The molecule has 5 aromatic rings. The second-order valence-electron chi connectivity index (χ2n) is 8.41. The summed E-state index contributed by atoms with van der Waals surface area (Å²) in [4.78, 5) is 15.9. The summed E-state index contributed by atoms with van der Waals surface area (Å²) in [6.07, 6.45) is 9.06. The number of hydrogen-bond donors (Lipinski definition) is 0. The van der Waals surface area contributed by atoms with Crippen LogP contribution in [-0.2, 0) is 11.2 Å². The summed E-state index contributed by atoms with van der Waals surface area (Å²) in [6.45, 7) is 8.32. The van der Waals surface area contributed by atoms with Crippen molar-refractivity contribution in [2.45, 2.75) is 53.9 Å². The molecule has 3 aromatic carbocycles. The first-order valence-corrected chi connectivity index (χ1v) is 15.4. The summed E-state index contributed by atoms with van der Waals surface area (Å²) in [5, 5.41) is 3.59. The van der Waals surface area contributed by atoms with Crippen LogP contribution in [0.4, 0.5) is 0 Å². The van der Waals surface area contributed by atoms with Crippen LogP contribution >= 0.6 is 23.1 Å². The summed E-state index contributed by atoms with van der Waals surface area (Å²) in [6, 6.07) is 29.9. The Morgan fingerprint density at radius 3 is 2.00 bits per heavy atom. The molecule has 1 aliphatic carbocycles. The largest absolute Gasteiger partial charge is 0.465 e. The number of hydrogen-bond acceptors (Lipinski definition) is 5. The summed E-state index contributed by atoms with van der Waals surface area (Å²) in [5.41, 5.74) is 6.31.